The van der Waals surface area contributed by atoms with Gasteiger partial charge in [-0.3, -0.25) is 0 Å². The van der Waals surface area contributed by atoms with Crippen molar-refractivity contribution in [1.82, 2.24) is 4.98 Å². The molecule has 0 amide bonds. The maximum Gasteiger partial charge on any atom is 0.214 e. The highest BCUT2D eigenvalue weighted by Crippen LogP contribution is 2.23. The molecule has 0 aliphatic heterocycles. The summed E-state index contributed by atoms with van der Waals surface area (Å²) >= 11 is 1.59. The number of hydrogen-bond acceptors (Lipinski definition) is 4. The number of pyridine rings is 1. The normalized spacial score (nSPS) is 12.6. The van der Waals surface area contributed by atoms with Crippen LogP contribution in [-0.4, -0.2) is 18.3 Å². The molecule has 1 heterocycles. The third kappa shape index (κ3) is 2.62. The molecule has 0 aromatic carbocycles. The summed E-state index contributed by atoms with van der Waals surface area (Å²) in [5, 5.41) is 0.947. The van der Waals surface area contributed by atoms with E-state index in [1.54, 1.807) is 18.9 Å². The lowest BCUT2D eigenvalue weighted by molar-refractivity contribution is 0.393. The molecule has 1 aromatic heterocycles. The zero-order chi connectivity index (χ0) is 10.6. The van der Waals surface area contributed by atoms with E-state index in [0.717, 1.165) is 17.0 Å². The fourth-order valence-electron chi connectivity index (χ4n) is 1.16. The highest BCUT2D eigenvalue weighted by molar-refractivity contribution is 7.98. The number of ether oxygens (including phenoxy) is 1. The van der Waals surface area contributed by atoms with Crippen molar-refractivity contribution in [3.8, 4) is 5.88 Å². The van der Waals surface area contributed by atoms with E-state index in [9.17, 15) is 0 Å². The third-order valence-electron chi connectivity index (χ3n) is 2.09. The van der Waals surface area contributed by atoms with Crippen LogP contribution in [0.5, 0.6) is 5.88 Å². The zero-order valence-electron chi connectivity index (χ0n) is 8.78. The largest absolute Gasteiger partial charge is 0.481 e. The Morgan fingerprint density at radius 1 is 1.57 bits per heavy atom. The van der Waals surface area contributed by atoms with Crippen molar-refractivity contribution in [2.75, 3.05) is 13.4 Å². The second kappa shape index (κ2) is 5.22. The first kappa shape index (κ1) is 11.3. The summed E-state index contributed by atoms with van der Waals surface area (Å²) in [5.74, 6) is 0.635. The topological polar surface area (TPSA) is 48.1 Å². The Labute approximate surface area is 89.1 Å². The Morgan fingerprint density at radius 3 is 2.79 bits per heavy atom. The van der Waals surface area contributed by atoms with E-state index < -0.39 is 0 Å². The molecule has 14 heavy (non-hydrogen) atoms. The molecule has 0 spiro atoms. The van der Waals surface area contributed by atoms with Gasteiger partial charge in [0.15, 0.2) is 0 Å². The van der Waals surface area contributed by atoms with Crippen molar-refractivity contribution >= 4 is 11.8 Å². The monoisotopic (exact) mass is 212 g/mol. The molecule has 0 saturated heterocycles. The number of hydrogen-bond donors (Lipinski definition) is 1. The van der Waals surface area contributed by atoms with Gasteiger partial charge in [-0.15, -0.1) is 11.8 Å². The minimum absolute atomic E-state index is 0.0674. The molecule has 1 aromatic rings. The van der Waals surface area contributed by atoms with Crippen LogP contribution >= 0.6 is 11.8 Å². The Morgan fingerprint density at radius 2 is 2.29 bits per heavy atom. The minimum atomic E-state index is 0.0674. The average molecular weight is 212 g/mol. The van der Waals surface area contributed by atoms with Gasteiger partial charge in [0.1, 0.15) is 5.03 Å². The summed E-state index contributed by atoms with van der Waals surface area (Å²) in [6, 6.07) is 3.98. The number of nitrogens with zero attached hydrogens (tertiary/aromatic N) is 1. The van der Waals surface area contributed by atoms with E-state index in [1.807, 2.05) is 18.4 Å². The second-order valence-electron chi connectivity index (χ2n) is 3.00. The molecule has 0 saturated carbocycles. The minimum Gasteiger partial charge on any atom is -0.481 e. The summed E-state index contributed by atoms with van der Waals surface area (Å²) in [5.41, 5.74) is 7.04. The van der Waals surface area contributed by atoms with Gasteiger partial charge in [0.25, 0.3) is 0 Å². The van der Waals surface area contributed by atoms with Gasteiger partial charge in [0.2, 0.25) is 5.88 Å². The Bertz CT molecular complexity index is 282. The van der Waals surface area contributed by atoms with Gasteiger partial charge >= 0.3 is 0 Å². The van der Waals surface area contributed by atoms with Gasteiger partial charge in [0.05, 0.1) is 7.11 Å². The predicted octanol–water partition coefficient (Wildman–Crippen LogP) is 2.22. The van der Waals surface area contributed by atoms with Gasteiger partial charge in [0, 0.05) is 12.1 Å². The number of rotatable bonds is 4. The van der Waals surface area contributed by atoms with E-state index in [-0.39, 0.29) is 6.04 Å². The molecule has 78 valence electrons. The number of thioether (sulfide) groups is 1. The van der Waals surface area contributed by atoms with Crippen LogP contribution in [0.1, 0.15) is 24.9 Å². The standard InChI is InChI=1S/C10H16N2OS/c1-4-8(11)7-5-9(13-2)12-10(6-7)14-3/h5-6,8H,4,11H2,1-3H3. The number of aromatic nitrogens is 1. The van der Waals surface area contributed by atoms with Crippen LogP contribution in [0.3, 0.4) is 0 Å². The molecule has 0 radical (unpaired) electrons. The smallest absolute Gasteiger partial charge is 0.214 e. The van der Waals surface area contributed by atoms with Crippen molar-refractivity contribution in [3.05, 3.63) is 17.7 Å². The Hall–Kier alpha value is -0.740. The fourth-order valence-corrected chi connectivity index (χ4v) is 1.59. The van der Waals surface area contributed by atoms with Crippen molar-refractivity contribution in [1.29, 1.82) is 0 Å². The lowest BCUT2D eigenvalue weighted by Gasteiger charge is -2.11. The van der Waals surface area contributed by atoms with E-state index in [1.165, 1.54) is 0 Å². The van der Waals surface area contributed by atoms with Gasteiger partial charge in [-0.1, -0.05) is 6.92 Å². The van der Waals surface area contributed by atoms with Crippen LogP contribution < -0.4 is 10.5 Å². The summed E-state index contributed by atoms with van der Waals surface area (Å²) in [6.45, 7) is 2.07. The molecule has 2 N–H and O–H groups in total. The first-order valence-electron chi connectivity index (χ1n) is 4.56. The summed E-state index contributed by atoms with van der Waals surface area (Å²) in [4.78, 5) is 4.27. The molecule has 0 bridgehead atoms. The van der Waals surface area contributed by atoms with Crippen LogP contribution in [0.4, 0.5) is 0 Å². The Kier molecular flexibility index (Phi) is 4.22. The van der Waals surface area contributed by atoms with Crippen LogP contribution in [0, 0.1) is 0 Å². The number of methoxy groups -OCH3 is 1. The lowest BCUT2D eigenvalue weighted by Crippen LogP contribution is -2.09. The molecule has 4 heteroatoms. The lowest BCUT2D eigenvalue weighted by atomic mass is 10.1. The van der Waals surface area contributed by atoms with E-state index in [0.29, 0.717) is 5.88 Å². The van der Waals surface area contributed by atoms with E-state index >= 15 is 0 Å². The van der Waals surface area contributed by atoms with Gasteiger partial charge < -0.3 is 10.5 Å². The van der Waals surface area contributed by atoms with Gasteiger partial charge in [-0.05, 0) is 24.3 Å². The van der Waals surface area contributed by atoms with Crippen molar-refractivity contribution < 1.29 is 4.74 Å². The van der Waals surface area contributed by atoms with Crippen molar-refractivity contribution in [2.24, 2.45) is 5.73 Å². The van der Waals surface area contributed by atoms with Crippen LogP contribution in [0.15, 0.2) is 17.2 Å². The average Bonchev–Trinajstić information content (AvgIpc) is 2.27. The van der Waals surface area contributed by atoms with E-state index in [4.69, 9.17) is 10.5 Å². The quantitative estimate of drug-likeness (QED) is 0.777. The molecule has 0 aliphatic rings. The maximum atomic E-state index is 5.95. The fraction of sp³-hybridized carbons (Fsp3) is 0.500. The maximum absolute atomic E-state index is 5.95. The highest BCUT2D eigenvalue weighted by Gasteiger charge is 2.07. The summed E-state index contributed by atoms with van der Waals surface area (Å²) in [6.07, 6.45) is 2.91. The Balaban J connectivity index is 3.04. The summed E-state index contributed by atoms with van der Waals surface area (Å²) < 4.78 is 5.11. The van der Waals surface area contributed by atoms with Gasteiger partial charge in [-0.25, -0.2) is 4.98 Å². The molecular weight excluding hydrogens is 196 g/mol. The van der Waals surface area contributed by atoms with Crippen molar-refractivity contribution in [2.45, 2.75) is 24.4 Å². The SMILES string of the molecule is CCC(N)c1cc(OC)nc(SC)c1. The van der Waals surface area contributed by atoms with Crippen molar-refractivity contribution in [3.63, 3.8) is 0 Å². The highest BCUT2D eigenvalue weighted by atomic mass is 32.2. The predicted molar refractivity (Wildman–Crippen MR) is 59.8 cm³/mol. The first-order valence-corrected chi connectivity index (χ1v) is 5.79. The molecule has 0 fully saturated rings. The molecule has 0 aliphatic carbocycles. The first-order chi connectivity index (χ1) is 6.71. The van der Waals surface area contributed by atoms with Gasteiger partial charge in [-0.2, -0.15) is 0 Å². The van der Waals surface area contributed by atoms with Crippen LogP contribution in [0.2, 0.25) is 0 Å². The molecule has 1 unspecified atom stereocenters. The number of nitrogens with two attached hydrogens (primary N) is 1. The molecular formula is C10H16N2OS. The molecule has 3 nitrogen and oxygen atoms in total. The zero-order valence-corrected chi connectivity index (χ0v) is 9.60. The molecule has 1 rings (SSSR count). The van der Waals surface area contributed by atoms with Crippen LogP contribution in [-0.2, 0) is 0 Å². The third-order valence-corrected chi connectivity index (χ3v) is 2.71. The summed E-state index contributed by atoms with van der Waals surface area (Å²) in [7, 11) is 1.62. The molecule has 1 atom stereocenters. The van der Waals surface area contributed by atoms with E-state index in [2.05, 4.69) is 11.9 Å². The second-order valence-corrected chi connectivity index (χ2v) is 3.83. The van der Waals surface area contributed by atoms with Crippen LogP contribution in [0.25, 0.3) is 0 Å².